The van der Waals surface area contributed by atoms with Crippen LogP contribution in [0.2, 0.25) is 0 Å². The Hall–Kier alpha value is -3.21. The molecule has 3 N–H and O–H groups in total. The van der Waals surface area contributed by atoms with Crippen molar-refractivity contribution in [2.45, 2.75) is 50.8 Å². The minimum Gasteiger partial charge on any atom is -0.492 e. The lowest BCUT2D eigenvalue weighted by Crippen LogP contribution is -2.40. The lowest BCUT2D eigenvalue weighted by atomic mass is 10.1. The monoisotopic (exact) mass is 532 g/mol. The SMILES string of the molecule is [2H]C([2H])(CN1CCCC1)Oc1ccc(Nc2ncc(C)c(Nc3cccc(S(=O)(=O)NC(C)(C([2H])([2H])[2H])C([2H])([2H])[2H])c3)n2)cc1. The Morgan fingerprint density at radius 3 is 2.59 bits per heavy atom. The fourth-order valence-electron chi connectivity index (χ4n) is 3.72. The predicted octanol–water partition coefficient (Wildman–Crippen LogP) is 4.82. The van der Waals surface area contributed by atoms with Gasteiger partial charge < -0.3 is 15.4 Å². The molecule has 0 radical (unpaired) electrons. The lowest BCUT2D eigenvalue weighted by Gasteiger charge is -2.20. The maximum atomic E-state index is 13.1. The summed E-state index contributed by atoms with van der Waals surface area (Å²) < 4.78 is 96.2. The van der Waals surface area contributed by atoms with Gasteiger partial charge in [-0.15, -0.1) is 0 Å². The van der Waals surface area contributed by atoms with Crippen molar-refractivity contribution in [1.82, 2.24) is 19.6 Å². The van der Waals surface area contributed by atoms with Crippen LogP contribution in [0.5, 0.6) is 5.75 Å². The second-order valence-electron chi connectivity index (χ2n) is 8.99. The van der Waals surface area contributed by atoms with E-state index >= 15 is 0 Å². The quantitative estimate of drug-likeness (QED) is 0.341. The number of benzene rings is 2. The van der Waals surface area contributed by atoms with Crippen molar-refractivity contribution in [2.24, 2.45) is 0 Å². The Kier molecular flexibility index (Phi) is 5.61. The Bertz CT molecular complexity index is 1580. The maximum Gasteiger partial charge on any atom is 0.241 e. The van der Waals surface area contributed by atoms with Crippen molar-refractivity contribution >= 4 is 33.2 Å². The van der Waals surface area contributed by atoms with E-state index in [-0.39, 0.29) is 17.4 Å². The molecular weight excluding hydrogens is 488 g/mol. The summed E-state index contributed by atoms with van der Waals surface area (Å²) in [5.41, 5.74) is -1.19. The van der Waals surface area contributed by atoms with E-state index < -0.39 is 35.8 Å². The molecule has 2 heterocycles. The average molecular weight is 533 g/mol. The standard InChI is InChI=1S/C27H36N6O3S/c1-20-19-28-26(30-21-10-12-23(13-11-21)36-17-16-33-14-5-6-15-33)31-25(20)29-22-8-7-9-24(18-22)37(34,35)32-27(2,3)4/h7-13,18-19,32H,5-6,14-17H2,1-4H3,(H2,28,29,30,31)/i2D3,3D3,17D2. The molecule has 4 rings (SSSR count). The normalized spacial score (nSPS) is 18.8. The van der Waals surface area contributed by atoms with E-state index in [0.29, 0.717) is 28.5 Å². The highest BCUT2D eigenvalue weighted by molar-refractivity contribution is 7.89. The van der Waals surface area contributed by atoms with Crippen molar-refractivity contribution < 1.29 is 24.1 Å². The Morgan fingerprint density at radius 2 is 1.86 bits per heavy atom. The molecule has 1 aliphatic rings. The summed E-state index contributed by atoms with van der Waals surface area (Å²) in [6.45, 7) is -3.66. The zero-order valence-corrected chi connectivity index (χ0v) is 21.5. The highest BCUT2D eigenvalue weighted by Gasteiger charge is 2.22. The maximum absolute atomic E-state index is 13.1. The van der Waals surface area contributed by atoms with Crippen LogP contribution in [0, 0.1) is 6.92 Å². The Balaban J connectivity index is 1.46. The molecular formula is C27H36N6O3S. The van der Waals surface area contributed by atoms with Crippen LogP contribution in [0.25, 0.3) is 0 Å². The summed E-state index contributed by atoms with van der Waals surface area (Å²) in [7, 11) is -4.57. The number of hydrogen-bond acceptors (Lipinski definition) is 8. The van der Waals surface area contributed by atoms with Crippen molar-refractivity contribution in [3.63, 3.8) is 0 Å². The first-order valence-corrected chi connectivity index (χ1v) is 13.3. The van der Waals surface area contributed by atoms with Crippen molar-refractivity contribution in [1.29, 1.82) is 0 Å². The Labute approximate surface area is 231 Å². The molecule has 3 aromatic rings. The number of sulfonamides is 1. The van der Waals surface area contributed by atoms with Gasteiger partial charge in [-0.2, -0.15) is 4.98 Å². The van der Waals surface area contributed by atoms with Gasteiger partial charge in [0.1, 0.15) is 18.1 Å². The zero-order valence-electron chi connectivity index (χ0n) is 28.7. The lowest BCUT2D eigenvalue weighted by molar-refractivity contribution is 0.238. The second kappa shape index (κ2) is 11.5. The van der Waals surface area contributed by atoms with Crippen LogP contribution in [0.3, 0.4) is 0 Å². The molecule has 0 unspecified atom stereocenters. The molecule has 0 aliphatic carbocycles. The number of rotatable bonds is 10. The first kappa shape index (κ1) is 18.1. The van der Waals surface area contributed by atoms with Gasteiger partial charge >= 0.3 is 0 Å². The number of hydrogen-bond donors (Lipinski definition) is 3. The molecule has 0 atom stereocenters. The average Bonchev–Trinajstić information content (AvgIpc) is 3.42. The van der Waals surface area contributed by atoms with Gasteiger partial charge in [0.2, 0.25) is 16.0 Å². The molecule has 2 aromatic carbocycles. The van der Waals surface area contributed by atoms with Gasteiger partial charge in [0.15, 0.2) is 0 Å². The number of nitrogens with zero attached hydrogens (tertiary/aromatic N) is 3. The fraction of sp³-hybridized carbons (Fsp3) is 0.407. The second-order valence-corrected chi connectivity index (χ2v) is 10.7. The van der Waals surface area contributed by atoms with Gasteiger partial charge in [-0.3, -0.25) is 4.90 Å². The van der Waals surface area contributed by atoms with E-state index in [1.807, 2.05) is 9.62 Å². The van der Waals surface area contributed by atoms with Crippen LogP contribution < -0.4 is 20.1 Å². The molecule has 1 aromatic heterocycles. The van der Waals surface area contributed by atoms with Crippen LogP contribution in [0.1, 0.15) is 50.0 Å². The minimum atomic E-state index is -4.57. The summed E-state index contributed by atoms with van der Waals surface area (Å²) in [5.74, 6) is 0.942. The van der Waals surface area contributed by atoms with E-state index in [2.05, 4.69) is 20.6 Å². The number of ether oxygens (including phenoxy) is 1. The van der Waals surface area contributed by atoms with Crippen molar-refractivity contribution in [2.75, 3.05) is 36.8 Å². The zero-order chi connectivity index (χ0) is 33.3. The molecule has 1 saturated heterocycles. The van der Waals surface area contributed by atoms with Crippen LogP contribution >= 0.6 is 0 Å². The third-order valence-electron chi connectivity index (χ3n) is 5.50. The smallest absolute Gasteiger partial charge is 0.241 e. The van der Waals surface area contributed by atoms with Gasteiger partial charge in [-0.05, 0) is 95.9 Å². The molecule has 1 aliphatic heterocycles. The summed E-state index contributed by atoms with van der Waals surface area (Å²) in [6.07, 6.45) is 3.68. The predicted molar refractivity (Wildman–Crippen MR) is 147 cm³/mol. The number of aryl methyl sites for hydroxylation is 1. The largest absolute Gasteiger partial charge is 0.492 e. The third-order valence-corrected chi connectivity index (χ3v) is 7.06. The molecule has 10 heteroatoms. The number of anilines is 4. The van der Waals surface area contributed by atoms with E-state index in [1.165, 1.54) is 18.2 Å². The van der Waals surface area contributed by atoms with Crippen LogP contribution in [-0.2, 0) is 10.0 Å². The fourth-order valence-corrected chi connectivity index (χ4v) is 4.91. The number of aromatic nitrogens is 2. The van der Waals surface area contributed by atoms with E-state index in [0.717, 1.165) is 32.9 Å². The van der Waals surface area contributed by atoms with Gasteiger partial charge in [0.25, 0.3) is 0 Å². The molecule has 37 heavy (non-hydrogen) atoms. The van der Waals surface area contributed by atoms with Crippen molar-refractivity contribution in [3.05, 3.63) is 60.3 Å². The molecule has 198 valence electrons. The molecule has 0 saturated carbocycles. The first-order chi connectivity index (χ1) is 20.8. The van der Waals surface area contributed by atoms with E-state index in [9.17, 15) is 8.42 Å². The third kappa shape index (κ3) is 7.88. The molecule has 0 spiro atoms. The number of nitrogens with one attached hydrogen (secondary N) is 3. The minimum absolute atomic E-state index is 0.190. The van der Waals surface area contributed by atoms with Crippen LogP contribution in [-0.4, -0.2) is 55.0 Å². The van der Waals surface area contributed by atoms with Crippen LogP contribution in [0.15, 0.2) is 59.6 Å². The van der Waals surface area contributed by atoms with E-state index in [1.54, 1.807) is 43.5 Å². The summed E-state index contributed by atoms with van der Waals surface area (Å²) in [5, 5.41) is 6.09. The molecule has 0 bridgehead atoms. The summed E-state index contributed by atoms with van der Waals surface area (Å²) >= 11 is 0. The first-order valence-electron chi connectivity index (χ1n) is 15.8. The molecule has 0 amide bonds. The van der Waals surface area contributed by atoms with Crippen molar-refractivity contribution in [3.8, 4) is 5.75 Å². The number of likely N-dealkylation sites (tertiary alicyclic amines) is 1. The van der Waals surface area contributed by atoms with Crippen LogP contribution in [0.4, 0.5) is 23.1 Å². The highest BCUT2D eigenvalue weighted by Crippen LogP contribution is 2.24. The summed E-state index contributed by atoms with van der Waals surface area (Å²) in [4.78, 5) is 10.5. The van der Waals surface area contributed by atoms with Gasteiger partial charge in [0.05, 0.1) is 7.64 Å². The molecule has 9 nitrogen and oxygen atoms in total. The topological polar surface area (TPSA) is 108 Å². The Morgan fingerprint density at radius 1 is 1.11 bits per heavy atom. The highest BCUT2D eigenvalue weighted by atomic mass is 32.2. The van der Waals surface area contributed by atoms with Gasteiger partial charge in [-0.1, -0.05) is 6.07 Å². The molecule has 1 fully saturated rings. The van der Waals surface area contributed by atoms with Gasteiger partial charge in [-0.25, -0.2) is 18.1 Å². The van der Waals surface area contributed by atoms with E-state index in [4.69, 9.17) is 15.7 Å². The van der Waals surface area contributed by atoms with Gasteiger partial charge in [0, 0.05) is 43.4 Å². The summed E-state index contributed by atoms with van der Waals surface area (Å²) in [6, 6.07) is 12.1.